The van der Waals surface area contributed by atoms with Gasteiger partial charge in [0, 0.05) is 12.0 Å². The smallest absolute Gasteiger partial charge is 0.490 e. The molecular weight excluding hydrogens is 443 g/mol. The van der Waals surface area contributed by atoms with E-state index in [2.05, 4.69) is 30.4 Å². The maximum absolute atomic E-state index is 11.8. The van der Waals surface area contributed by atoms with Crippen LogP contribution in [0.3, 0.4) is 0 Å². The van der Waals surface area contributed by atoms with Gasteiger partial charge in [0.2, 0.25) is 0 Å². The van der Waals surface area contributed by atoms with Crippen LogP contribution in [0.4, 0.5) is 13.2 Å². The first-order valence-corrected chi connectivity index (χ1v) is 10.2. The van der Waals surface area contributed by atoms with Crippen molar-refractivity contribution in [3.8, 4) is 5.75 Å². The molecule has 7 nitrogen and oxygen atoms in total. The van der Waals surface area contributed by atoms with Crippen molar-refractivity contribution < 1.29 is 42.1 Å². The third kappa shape index (κ3) is 8.30. The van der Waals surface area contributed by atoms with E-state index < -0.39 is 12.1 Å². The van der Waals surface area contributed by atoms with E-state index in [9.17, 15) is 18.0 Å². The fourth-order valence-corrected chi connectivity index (χ4v) is 3.18. The average Bonchev–Trinajstić information content (AvgIpc) is 2.76. The topological polar surface area (TPSA) is 94.1 Å². The number of fused-ring (bicyclic) bond motifs is 1. The monoisotopic (exact) mass is 469 g/mol. The van der Waals surface area contributed by atoms with Crippen molar-refractivity contribution in [1.82, 2.24) is 5.32 Å². The number of carbonyl (C=O) groups is 2. The Balaban J connectivity index is 0.000000479. The number of aryl methyl sites for hydroxylation is 1. The number of alkyl halides is 3. The molecule has 2 aromatic carbocycles. The highest BCUT2D eigenvalue weighted by Gasteiger charge is 2.38. The normalized spacial score (nSPS) is 16.1. The second kappa shape index (κ2) is 12.1. The van der Waals surface area contributed by atoms with Crippen molar-refractivity contribution in [3.05, 3.63) is 47.7 Å². The van der Waals surface area contributed by atoms with Crippen LogP contribution in [0.5, 0.6) is 5.75 Å². The lowest BCUT2D eigenvalue weighted by molar-refractivity contribution is -0.192. The van der Waals surface area contributed by atoms with Crippen molar-refractivity contribution in [2.24, 2.45) is 0 Å². The number of rotatable bonds is 6. The summed E-state index contributed by atoms with van der Waals surface area (Å²) in [4.78, 5) is 20.7. The van der Waals surface area contributed by atoms with Crippen molar-refractivity contribution in [2.45, 2.75) is 32.0 Å². The van der Waals surface area contributed by atoms with Crippen LogP contribution < -0.4 is 10.1 Å². The molecule has 1 aliphatic heterocycles. The Hall–Kier alpha value is -3.27. The molecule has 0 aromatic heterocycles. The Morgan fingerprint density at radius 3 is 2.64 bits per heavy atom. The van der Waals surface area contributed by atoms with Gasteiger partial charge in [-0.25, -0.2) is 4.79 Å². The Morgan fingerprint density at radius 2 is 2.03 bits per heavy atom. The highest BCUT2D eigenvalue weighted by Crippen LogP contribution is 2.30. The second-order valence-corrected chi connectivity index (χ2v) is 7.24. The molecule has 1 fully saturated rings. The minimum absolute atomic E-state index is 0.116. The summed E-state index contributed by atoms with van der Waals surface area (Å²) in [5.41, 5.74) is 2.18. The van der Waals surface area contributed by atoms with E-state index in [-0.39, 0.29) is 18.6 Å². The summed E-state index contributed by atoms with van der Waals surface area (Å²) < 4.78 is 48.0. The zero-order valence-electron chi connectivity index (χ0n) is 18.3. The fourth-order valence-electron chi connectivity index (χ4n) is 3.18. The molecule has 180 valence electrons. The molecule has 33 heavy (non-hydrogen) atoms. The summed E-state index contributed by atoms with van der Waals surface area (Å²) in [5.74, 6) is -2.18. The molecule has 1 aliphatic rings. The maximum atomic E-state index is 11.8. The predicted octanol–water partition coefficient (Wildman–Crippen LogP) is 4.07. The van der Waals surface area contributed by atoms with Gasteiger partial charge in [0.05, 0.1) is 13.7 Å². The van der Waals surface area contributed by atoms with Gasteiger partial charge in [-0.05, 0) is 60.7 Å². The number of ether oxygens (including phenoxy) is 3. The van der Waals surface area contributed by atoms with E-state index in [0.717, 1.165) is 41.5 Å². The quantitative estimate of drug-likeness (QED) is 0.616. The molecule has 0 radical (unpaired) electrons. The lowest BCUT2D eigenvalue weighted by Crippen LogP contribution is -2.31. The van der Waals surface area contributed by atoms with Crippen LogP contribution in [0.15, 0.2) is 36.5 Å². The number of hydrogen-bond acceptors (Lipinski definition) is 6. The number of esters is 1. The minimum atomic E-state index is -5.08. The number of aliphatic carboxylic acids is 1. The second-order valence-electron chi connectivity index (χ2n) is 7.24. The molecule has 0 unspecified atom stereocenters. The molecule has 1 saturated heterocycles. The van der Waals surface area contributed by atoms with Crippen LogP contribution in [0.2, 0.25) is 0 Å². The number of halogens is 3. The number of carboxylic acid groups (broad SMARTS) is 1. The summed E-state index contributed by atoms with van der Waals surface area (Å²) in [7, 11) is 1.68. The number of nitrogens with one attached hydrogen (secondary N) is 1. The molecule has 0 amide bonds. The number of benzene rings is 2. The van der Waals surface area contributed by atoms with Gasteiger partial charge in [0.15, 0.2) is 0 Å². The number of methoxy groups -OCH3 is 1. The zero-order valence-corrected chi connectivity index (χ0v) is 18.3. The molecule has 0 bridgehead atoms. The van der Waals surface area contributed by atoms with Gasteiger partial charge in [0.25, 0.3) is 0 Å². The minimum Gasteiger partial charge on any atom is -0.496 e. The Kier molecular flexibility index (Phi) is 9.53. The van der Waals surface area contributed by atoms with E-state index in [1.165, 1.54) is 5.56 Å². The summed E-state index contributed by atoms with van der Waals surface area (Å²) in [6.07, 6.45) is 0.290. The lowest BCUT2D eigenvalue weighted by Gasteiger charge is -2.22. The molecule has 3 rings (SSSR count). The van der Waals surface area contributed by atoms with Crippen molar-refractivity contribution in [3.63, 3.8) is 0 Å². The van der Waals surface area contributed by atoms with Crippen LogP contribution >= 0.6 is 0 Å². The number of carboxylic acids is 1. The summed E-state index contributed by atoms with van der Waals surface area (Å²) >= 11 is 0. The highest BCUT2D eigenvalue weighted by molar-refractivity contribution is 5.93. The molecule has 2 aromatic rings. The van der Waals surface area contributed by atoms with Gasteiger partial charge in [-0.3, -0.25) is 4.79 Å². The van der Waals surface area contributed by atoms with E-state index in [1.54, 1.807) is 13.3 Å². The van der Waals surface area contributed by atoms with Crippen LogP contribution in [-0.2, 0) is 19.1 Å². The first kappa shape index (κ1) is 26.0. The average molecular weight is 469 g/mol. The van der Waals surface area contributed by atoms with Gasteiger partial charge < -0.3 is 24.6 Å². The van der Waals surface area contributed by atoms with E-state index in [1.807, 2.05) is 18.2 Å². The SMILES string of the molecule is COc1cc(/C=C/NCC(=O)O[C@@H]2CCCOC2)cc2cccc(C)c12.O=C(O)C(F)(F)F. The Morgan fingerprint density at radius 1 is 1.30 bits per heavy atom. The molecule has 1 atom stereocenters. The van der Waals surface area contributed by atoms with Crippen molar-refractivity contribution in [1.29, 1.82) is 0 Å². The Bertz CT molecular complexity index is 984. The summed E-state index contributed by atoms with van der Waals surface area (Å²) in [5, 5.41) is 12.4. The lowest BCUT2D eigenvalue weighted by atomic mass is 10.0. The maximum Gasteiger partial charge on any atom is 0.490 e. The number of hydrogen-bond donors (Lipinski definition) is 2. The van der Waals surface area contributed by atoms with E-state index >= 15 is 0 Å². The van der Waals surface area contributed by atoms with Gasteiger partial charge >= 0.3 is 18.1 Å². The molecule has 10 heteroatoms. The van der Waals surface area contributed by atoms with Gasteiger partial charge in [-0.2, -0.15) is 13.2 Å². The van der Waals surface area contributed by atoms with E-state index in [0.29, 0.717) is 6.61 Å². The predicted molar refractivity (Wildman–Crippen MR) is 116 cm³/mol. The molecule has 0 spiro atoms. The molecule has 1 heterocycles. The zero-order chi connectivity index (χ0) is 24.4. The standard InChI is InChI=1S/C21H25NO4.C2HF3O2/c1-15-5-3-6-17-11-16(12-19(24-2)21(15)17)8-9-22-13-20(23)26-18-7-4-10-25-14-18;3-2(4,5)1(6)7/h3,5-6,8-9,11-12,18,22H,4,7,10,13-14H2,1-2H3;(H,6,7)/b9-8+;/t18-;/m1./s1. The number of carbonyl (C=O) groups excluding carboxylic acids is 1. The third-order valence-corrected chi connectivity index (χ3v) is 4.69. The first-order valence-electron chi connectivity index (χ1n) is 10.2. The summed E-state index contributed by atoms with van der Waals surface area (Å²) in [6, 6.07) is 10.3. The first-order chi connectivity index (χ1) is 15.6. The van der Waals surface area contributed by atoms with Gasteiger partial charge in [-0.15, -0.1) is 0 Å². The van der Waals surface area contributed by atoms with Crippen molar-refractivity contribution in [2.75, 3.05) is 26.9 Å². The third-order valence-electron chi connectivity index (χ3n) is 4.69. The fraction of sp³-hybridized carbons (Fsp3) is 0.391. The Labute approximate surface area is 189 Å². The highest BCUT2D eigenvalue weighted by atomic mass is 19.4. The van der Waals surface area contributed by atoms with Gasteiger partial charge in [-0.1, -0.05) is 18.2 Å². The van der Waals surface area contributed by atoms with Crippen LogP contribution in [-0.4, -0.2) is 56.2 Å². The van der Waals surface area contributed by atoms with Crippen LogP contribution in [0.1, 0.15) is 24.0 Å². The van der Waals surface area contributed by atoms with Crippen molar-refractivity contribution >= 4 is 28.8 Å². The van der Waals surface area contributed by atoms with Crippen LogP contribution in [0.25, 0.3) is 16.8 Å². The molecular formula is C23H26F3NO6. The molecule has 0 aliphatic carbocycles. The van der Waals surface area contributed by atoms with Gasteiger partial charge in [0.1, 0.15) is 18.4 Å². The molecule has 0 saturated carbocycles. The largest absolute Gasteiger partial charge is 0.496 e. The van der Waals surface area contributed by atoms with E-state index in [4.69, 9.17) is 24.1 Å². The van der Waals surface area contributed by atoms with Crippen LogP contribution in [0, 0.1) is 6.92 Å². The molecule has 2 N–H and O–H groups in total. The summed E-state index contributed by atoms with van der Waals surface area (Å²) in [6.45, 7) is 3.46.